The molecule has 0 saturated heterocycles. The lowest BCUT2D eigenvalue weighted by Crippen LogP contribution is -2.36. The molecule has 0 amide bonds. The normalized spacial score (nSPS) is 11.0. The van der Waals surface area contributed by atoms with E-state index in [9.17, 15) is 0 Å². The van der Waals surface area contributed by atoms with Gasteiger partial charge in [-0.05, 0) is 37.6 Å². The maximum Gasteiger partial charge on any atom is 0.191 e. The lowest BCUT2D eigenvalue weighted by Gasteiger charge is -2.13. The predicted octanol–water partition coefficient (Wildman–Crippen LogP) is 3.55. The fourth-order valence-corrected chi connectivity index (χ4v) is 2.53. The first-order valence-corrected chi connectivity index (χ1v) is 8.03. The van der Waals surface area contributed by atoms with Crippen molar-refractivity contribution < 1.29 is 9.26 Å². The number of halogens is 2. The summed E-state index contributed by atoms with van der Waals surface area (Å²) in [4.78, 5) is 4.23. The summed E-state index contributed by atoms with van der Waals surface area (Å²) in [5.41, 5.74) is 3.03. The quantitative estimate of drug-likeness (QED) is 0.367. The van der Waals surface area contributed by atoms with Crippen LogP contribution in [-0.4, -0.2) is 25.3 Å². The van der Waals surface area contributed by atoms with Crippen LogP contribution in [0.15, 0.2) is 32.2 Å². The highest BCUT2D eigenvalue weighted by atomic mass is 127. The van der Waals surface area contributed by atoms with Crippen molar-refractivity contribution in [3.05, 3.63) is 45.3 Å². The van der Waals surface area contributed by atoms with Crippen molar-refractivity contribution in [2.45, 2.75) is 26.9 Å². The first-order valence-electron chi connectivity index (χ1n) is 7.23. The highest BCUT2D eigenvalue weighted by molar-refractivity contribution is 14.0. The van der Waals surface area contributed by atoms with Crippen molar-refractivity contribution in [1.29, 1.82) is 0 Å². The molecule has 0 saturated carbocycles. The Morgan fingerprint density at radius 3 is 2.58 bits per heavy atom. The molecule has 8 heteroatoms. The molecule has 0 aliphatic heterocycles. The molecule has 6 nitrogen and oxygen atoms in total. The van der Waals surface area contributed by atoms with Gasteiger partial charge in [0.25, 0.3) is 0 Å². The summed E-state index contributed by atoms with van der Waals surface area (Å²) in [6.07, 6.45) is 0. The number of aliphatic imine (C=N–C) groups is 1. The van der Waals surface area contributed by atoms with Crippen LogP contribution in [-0.2, 0) is 13.1 Å². The molecule has 2 rings (SSSR count). The van der Waals surface area contributed by atoms with Gasteiger partial charge in [0.15, 0.2) is 5.96 Å². The number of aromatic nitrogens is 1. The van der Waals surface area contributed by atoms with E-state index in [1.807, 2.05) is 32.0 Å². The van der Waals surface area contributed by atoms with E-state index in [0.717, 1.165) is 32.8 Å². The SMILES string of the molecule is CN=C(NCc1cc(OC)ccc1Br)NCc1c(C)noc1C.I. The average Bonchev–Trinajstić information content (AvgIpc) is 2.88. The molecule has 0 atom stereocenters. The van der Waals surface area contributed by atoms with Gasteiger partial charge in [0.05, 0.1) is 12.8 Å². The van der Waals surface area contributed by atoms with Gasteiger partial charge in [0, 0.05) is 30.2 Å². The molecule has 0 spiro atoms. The molecule has 0 fully saturated rings. The molecule has 0 bridgehead atoms. The van der Waals surface area contributed by atoms with Gasteiger partial charge in [-0.1, -0.05) is 21.1 Å². The molecular formula is C16H22BrIN4O2. The van der Waals surface area contributed by atoms with Crippen molar-refractivity contribution in [2.75, 3.05) is 14.2 Å². The van der Waals surface area contributed by atoms with Crippen molar-refractivity contribution in [3.63, 3.8) is 0 Å². The van der Waals surface area contributed by atoms with Crippen LogP contribution in [0, 0.1) is 13.8 Å². The summed E-state index contributed by atoms with van der Waals surface area (Å²) in [7, 11) is 3.40. The number of benzene rings is 1. The van der Waals surface area contributed by atoms with Crippen molar-refractivity contribution in [1.82, 2.24) is 15.8 Å². The zero-order valence-electron chi connectivity index (χ0n) is 14.1. The number of hydrogen-bond donors (Lipinski definition) is 2. The lowest BCUT2D eigenvalue weighted by molar-refractivity contribution is 0.392. The van der Waals surface area contributed by atoms with Crippen LogP contribution < -0.4 is 15.4 Å². The molecular weight excluding hydrogens is 487 g/mol. The predicted molar refractivity (Wildman–Crippen MR) is 109 cm³/mol. The second-order valence-electron chi connectivity index (χ2n) is 5.04. The van der Waals surface area contributed by atoms with Crippen LogP contribution >= 0.6 is 39.9 Å². The number of hydrogen-bond acceptors (Lipinski definition) is 4. The van der Waals surface area contributed by atoms with E-state index in [4.69, 9.17) is 9.26 Å². The van der Waals surface area contributed by atoms with E-state index < -0.39 is 0 Å². The maximum atomic E-state index is 5.25. The standard InChI is InChI=1S/C16H21BrN4O2.HI/c1-10-14(11(2)23-21-10)9-20-16(18-3)19-8-12-7-13(22-4)5-6-15(12)17;/h5-7H,8-9H2,1-4H3,(H2,18,19,20);1H. The van der Waals surface area contributed by atoms with Crippen LogP contribution in [0.1, 0.15) is 22.6 Å². The third kappa shape index (κ3) is 5.37. The number of rotatable bonds is 5. The topological polar surface area (TPSA) is 71.7 Å². The number of guanidine groups is 1. The molecule has 0 unspecified atom stereocenters. The zero-order chi connectivity index (χ0) is 16.8. The minimum absolute atomic E-state index is 0. The second kappa shape index (κ2) is 9.87. The zero-order valence-corrected chi connectivity index (χ0v) is 18.1. The van der Waals surface area contributed by atoms with E-state index in [-0.39, 0.29) is 24.0 Å². The van der Waals surface area contributed by atoms with Crippen LogP contribution in [0.25, 0.3) is 0 Å². The van der Waals surface area contributed by atoms with E-state index in [0.29, 0.717) is 19.0 Å². The largest absolute Gasteiger partial charge is 0.497 e. The van der Waals surface area contributed by atoms with Gasteiger partial charge in [0.2, 0.25) is 0 Å². The van der Waals surface area contributed by atoms with Crippen molar-refractivity contribution in [2.24, 2.45) is 4.99 Å². The summed E-state index contributed by atoms with van der Waals surface area (Å²) in [5.74, 6) is 2.35. The molecule has 0 aliphatic rings. The molecule has 2 aromatic rings. The molecule has 1 aromatic carbocycles. The monoisotopic (exact) mass is 508 g/mol. The number of aryl methyl sites for hydroxylation is 2. The average molecular weight is 509 g/mol. The smallest absolute Gasteiger partial charge is 0.191 e. The van der Waals surface area contributed by atoms with Gasteiger partial charge in [-0.3, -0.25) is 4.99 Å². The highest BCUT2D eigenvalue weighted by Crippen LogP contribution is 2.22. The minimum atomic E-state index is 0. The number of nitrogens with zero attached hydrogens (tertiary/aromatic N) is 2. The Hall–Kier alpha value is -1.29. The van der Waals surface area contributed by atoms with Crippen LogP contribution in [0.3, 0.4) is 0 Å². The third-order valence-electron chi connectivity index (χ3n) is 3.54. The van der Waals surface area contributed by atoms with E-state index >= 15 is 0 Å². The Balaban J connectivity index is 0.00000288. The van der Waals surface area contributed by atoms with Crippen LogP contribution in [0.4, 0.5) is 0 Å². The third-order valence-corrected chi connectivity index (χ3v) is 4.31. The van der Waals surface area contributed by atoms with E-state index in [1.165, 1.54) is 0 Å². The van der Waals surface area contributed by atoms with Crippen molar-refractivity contribution >= 4 is 45.9 Å². The number of ether oxygens (including phenoxy) is 1. The molecule has 0 aliphatic carbocycles. The Bertz CT molecular complexity index is 684. The highest BCUT2D eigenvalue weighted by Gasteiger charge is 2.10. The summed E-state index contributed by atoms with van der Waals surface area (Å²) < 4.78 is 11.4. The molecule has 1 aromatic heterocycles. The summed E-state index contributed by atoms with van der Waals surface area (Å²) >= 11 is 3.54. The van der Waals surface area contributed by atoms with Gasteiger partial charge < -0.3 is 19.9 Å². The fraction of sp³-hybridized carbons (Fsp3) is 0.375. The maximum absolute atomic E-state index is 5.25. The van der Waals surface area contributed by atoms with Gasteiger partial charge >= 0.3 is 0 Å². The molecule has 24 heavy (non-hydrogen) atoms. The summed E-state index contributed by atoms with van der Waals surface area (Å²) in [6, 6.07) is 5.87. The molecule has 2 N–H and O–H groups in total. The van der Waals surface area contributed by atoms with Crippen LogP contribution in [0.2, 0.25) is 0 Å². The Labute approximate surface area is 167 Å². The van der Waals surface area contributed by atoms with E-state index in [1.54, 1.807) is 14.2 Å². The Morgan fingerprint density at radius 2 is 2.00 bits per heavy atom. The summed E-state index contributed by atoms with van der Waals surface area (Å²) in [6.45, 7) is 5.07. The molecule has 0 radical (unpaired) electrons. The molecule has 1 heterocycles. The Kier molecular flexibility index (Phi) is 8.54. The van der Waals surface area contributed by atoms with Gasteiger partial charge in [-0.2, -0.15) is 0 Å². The fourth-order valence-electron chi connectivity index (χ4n) is 2.14. The van der Waals surface area contributed by atoms with Crippen molar-refractivity contribution in [3.8, 4) is 5.75 Å². The first kappa shape index (κ1) is 20.8. The summed E-state index contributed by atoms with van der Waals surface area (Å²) in [5, 5.41) is 10.5. The number of nitrogens with one attached hydrogen (secondary N) is 2. The van der Waals surface area contributed by atoms with Gasteiger partial charge in [-0.15, -0.1) is 24.0 Å². The first-order chi connectivity index (χ1) is 11.0. The van der Waals surface area contributed by atoms with E-state index in [2.05, 4.69) is 36.7 Å². The number of methoxy groups -OCH3 is 1. The van der Waals surface area contributed by atoms with Gasteiger partial charge in [0.1, 0.15) is 11.5 Å². The second-order valence-corrected chi connectivity index (χ2v) is 5.89. The molecule has 132 valence electrons. The van der Waals surface area contributed by atoms with Crippen LogP contribution in [0.5, 0.6) is 5.75 Å². The van der Waals surface area contributed by atoms with Gasteiger partial charge in [-0.25, -0.2) is 0 Å². The Morgan fingerprint density at radius 1 is 1.29 bits per heavy atom. The minimum Gasteiger partial charge on any atom is -0.497 e. The lowest BCUT2D eigenvalue weighted by atomic mass is 10.2.